The highest BCUT2D eigenvalue weighted by Crippen LogP contribution is 1.76. The topological polar surface area (TPSA) is 38.7 Å². The second-order valence-electron chi connectivity index (χ2n) is 1.58. The largest absolute Gasteiger partial charge is 0.394 e. The van der Waals surface area contributed by atoms with E-state index in [1.54, 1.807) is 0 Å². The molecule has 0 rings (SSSR count). The molecule has 0 aromatic carbocycles. The summed E-state index contributed by atoms with van der Waals surface area (Å²) in [6, 6.07) is 0. The van der Waals surface area contributed by atoms with Crippen LogP contribution in [0.3, 0.4) is 0 Å². The molecule has 0 aliphatic carbocycles. The molecule has 0 heterocycles. The molecule has 60 valence electrons. The molecule has 10 heavy (non-hydrogen) atoms. The second kappa shape index (κ2) is 8.97. The summed E-state index contributed by atoms with van der Waals surface area (Å²) in [5, 5.41) is 9.80. The van der Waals surface area contributed by atoms with E-state index in [-0.39, 0.29) is 6.61 Å². The molecule has 0 atom stereocenters. The third-order valence-corrected chi connectivity index (χ3v) is 0.930. The number of ether oxygens (including phenoxy) is 2. The van der Waals surface area contributed by atoms with Crippen molar-refractivity contribution in [2.24, 2.45) is 0 Å². The van der Waals surface area contributed by atoms with Crippen LogP contribution in [0.1, 0.15) is 0 Å². The van der Waals surface area contributed by atoms with Crippen molar-refractivity contribution in [3.63, 3.8) is 0 Å². The molecule has 0 aliphatic rings. The van der Waals surface area contributed by atoms with E-state index < -0.39 is 0 Å². The van der Waals surface area contributed by atoms with Gasteiger partial charge >= 0.3 is 0 Å². The summed E-state index contributed by atoms with van der Waals surface area (Å²) in [6.45, 7) is 1.98. The number of rotatable bonds is 7. The Kier molecular flexibility index (Phi) is 8.94. The van der Waals surface area contributed by atoms with Gasteiger partial charge in [-0.05, 0) is 0 Å². The minimum absolute atomic E-state index is 0.0627. The third kappa shape index (κ3) is 7.97. The van der Waals surface area contributed by atoms with Gasteiger partial charge in [-0.3, -0.25) is 0 Å². The van der Waals surface area contributed by atoms with Crippen molar-refractivity contribution in [3.8, 4) is 0 Å². The normalized spacial score (nSPS) is 9.70. The van der Waals surface area contributed by atoms with Crippen LogP contribution in [0.25, 0.3) is 0 Å². The first kappa shape index (κ1) is 9.97. The Morgan fingerprint density at radius 1 is 1.20 bits per heavy atom. The predicted octanol–water partition coefficient (Wildman–Crippen LogP) is 0.0116. The Morgan fingerprint density at radius 2 is 1.90 bits per heavy atom. The summed E-state index contributed by atoms with van der Waals surface area (Å²) in [6.07, 6.45) is 0. The van der Waals surface area contributed by atoms with Crippen LogP contribution in [-0.2, 0) is 9.47 Å². The van der Waals surface area contributed by atoms with Crippen molar-refractivity contribution in [3.05, 3.63) is 0 Å². The fourth-order valence-corrected chi connectivity index (χ4v) is 0.512. The highest BCUT2D eigenvalue weighted by Gasteiger charge is 1.85. The maximum absolute atomic E-state index is 8.28. The zero-order valence-electron chi connectivity index (χ0n) is 5.78. The number of hydrogen-bond acceptors (Lipinski definition) is 4. The van der Waals surface area contributed by atoms with Crippen LogP contribution in [0.5, 0.6) is 0 Å². The minimum atomic E-state index is 0.0627. The maximum Gasteiger partial charge on any atom is 0.0750 e. The SMILES string of the molecule is OCCOCCOCC=S. The fourth-order valence-electron chi connectivity index (χ4n) is 0.416. The van der Waals surface area contributed by atoms with Gasteiger partial charge in [0, 0.05) is 5.37 Å². The Hall–Kier alpha value is -0.0300. The van der Waals surface area contributed by atoms with Crippen LogP contribution in [0.4, 0.5) is 0 Å². The van der Waals surface area contributed by atoms with Gasteiger partial charge in [0.2, 0.25) is 0 Å². The highest BCUT2D eigenvalue weighted by atomic mass is 32.1. The van der Waals surface area contributed by atoms with Crippen LogP contribution < -0.4 is 0 Å². The number of aliphatic hydroxyl groups excluding tert-OH is 1. The average molecular weight is 164 g/mol. The first-order chi connectivity index (χ1) is 4.91. The van der Waals surface area contributed by atoms with Crippen LogP contribution >= 0.6 is 12.2 Å². The first-order valence-corrected chi connectivity index (χ1v) is 3.59. The quantitative estimate of drug-likeness (QED) is 0.425. The lowest BCUT2D eigenvalue weighted by molar-refractivity contribution is 0.0445. The van der Waals surface area contributed by atoms with Crippen molar-refractivity contribution < 1.29 is 14.6 Å². The molecule has 0 fully saturated rings. The Labute approximate surface area is 65.9 Å². The second-order valence-corrected chi connectivity index (χ2v) is 1.91. The van der Waals surface area contributed by atoms with Gasteiger partial charge in [-0.1, -0.05) is 12.2 Å². The molecule has 0 aliphatic heterocycles. The van der Waals surface area contributed by atoms with Crippen LogP contribution in [-0.4, -0.2) is 43.5 Å². The van der Waals surface area contributed by atoms with Crippen molar-refractivity contribution in [1.82, 2.24) is 0 Å². The lowest BCUT2D eigenvalue weighted by Gasteiger charge is -2.00. The molecular weight excluding hydrogens is 152 g/mol. The van der Waals surface area contributed by atoms with Crippen LogP contribution in [0, 0.1) is 0 Å². The number of thiocarbonyl (C=S) groups is 1. The molecule has 0 amide bonds. The van der Waals surface area contributed by atoms with E-state index in [9.17, 15) is 0 Å². The average Bonchev–Trinajstić information content (AvgIpc) is 1.97. The summed E-state index contributed by atoms with van der Waals surface area (Å²) in [4.78, 5) is 0. The van der Waals surface area contributed by atoms with Gasteiger partial charge in [-0.2, -0.15) is 0 Å². The van der Waals surface area contributed by atoms with Gasteiger partial charge in [0.25, 0.3) is 0 Å². The molecule has 0 bridgehead atoms. The van der Waals surface area contributed by atoms with Gasteiger partial charge in [0.1, 0.15) is 0 Å². The predicted molar refractivity (Wildman–Crippen MR) is 42.4 cm³/mol. The summed E-state index contributed by atoms with van der Waals surface area (Å²) in [7, 11) is 0. The Balaban J connectivity index is 2.70. The summed E-state index contributed by atoms with van der Waals surface area (Å²) >= 11 is 4.52. The first-order valence-electron chi connectivity index (χ1n) is 3.11. The van der Waals surface area contributed by atoms with Crippen LogP contribution in [0.2, 0.25) is 0 Å². The van der Waals surface area contributed by atoms with E-state index in [0.29, 0.717) is 26.4 Å². The smallest absolute Gasteiger partial charge is 0.0750 e. The zero-order valence-corrected chi connectivity index (χ0v) is 6.60. The minimum Gasteiger partial charge on any atom is -0.394 e. The van der Waals surface area contributed by atoms with Gasteiger partial charge in [0.05, 0.1) is 33.0 Å². The maximum atomic E-state index is 8.28. The van der Waals surface area contributed by atoms with E-state index in [1.807, 2.05) is 0 Å². The zero-order chi connectivity index (χ0) is 7.66. The highest BCUT2D eigenvalue weighted by molar-refractivity contribution is 7.79. The van der Waals surface area contributed by atoms with Crippen molar-refractivity contribution in [2.75, 3.05) is 33.0 Å². The number of hydrogen-bond donors (Lipinski definition) is 1. The van der Waals surface area contributed by atoms with Crippen molar-refractivity contribution in [1.29, 1.82) is 0 Å². The molecule has 1 N–H and O–H groups in total. The Morgan fingerprint density at radius 3 is 2.50 bits per heavy atom. The monoisotopic (exact) mass is 164 g/mol. The van der Waals surface area contributed by atoms with E-state index in [1.165, 1.54) is 5.37 Å². The molecule has 0 aromatic rings. The van der Waals surface area contributed by atoms with Gasteiger partial charge < -0.3 is 14.6 Å². The lowest BCUT2D eigenvalue weighted by Crippen LogP contribution is -2.07. The molecular formula is C6H12O3S. The summed E-state index contributed by atoms with van der Waals surface area (Å²) in [5.41, 5.74) is 0. The molecule has 0 spiro atoms. The standard InChI is InChI=1S/C6H12O3S/c7-1-2-8-3-4-9-5-6-10/h6-7H,1-5H2. The van der Waals surface area contributed by atoms with E-state index in [4.69, 9.17) is 14.6 Å². The van der Waals surface area contributed by atoms with Crippen LogP contribution in [0.15, 0.2) is 0 Å². The summed E-state index contributed by atoms with van der Waals surface area (Å²) < 4.78 is 9.87. The number of aliphatic hydroxyl groups is 1. The molecule has 0 radical (unpaired) electrons. The lowest BCUT2D eigenvalue weighted by atomic mass is 10.7. The van der Waals surface area contributed by atoms with E-state index in [2.05, 4.69) is 12.2 Å². The molecule has 3 nitrogen and oxygen atoms in total. The Bertz CT molecular complexity index is 77.4. The molecule has 0 unspecified atom stereocenters. The molecule has 4 heteroatoms. The van der Waals surface area contributed by atoms with E-state index >= 15 is 0 Å². The summed E-state index contributed by atoms with van der Waals surface area (Å²) in [5.74, 6) is 0. The van der Waals surface area contributed by atoms with Crippen molar-refractivity contribution in [2.45, 2.75) is 0 Å². The van der Waals surface area contributed by atoms with E-state index in [0.717, 1.165) is 0 Å². The third-order valence-electron chi connectivity index (χ3n) is 0.794. The molecule has 0 saturated heterocycles. The van der Waals surface area contributed by atoms with Gasteiger partial charge in [-0.15, -0.1) is 0 Å². The van der Waals surface area contributed by atoms with Gasteiger partial charge in [0.15, 0.2) is 0 Å². The molecule has 0 aromatic heterocycles. The van der Waals surface area contributed by atoms with Crippen molar-refractivity contribution >= 4 is 17.6 Å². The fraction of sp³-hybridized carbons (Fsp3) is 0.833. The molecule has 0 saturated carbocycles. The van der Waals surface area contributed by atoms with Gasteiger partial charge in [-0.25, -0.2) is 0 Å².